The summed E-state index contributed by atoms with van der Waals surface area (Å²) in [6, 6.07) is 7.28. The molecule has 1 amide bonds. The molecule has 4 heteroatoms. The SMILES string of the molecule is C[C@H]1CN(C(=O)C2(c3ccccc3F)CC2)C[C@H](C)N1. The van der Waals surface area contributed by atoms with Crippen LogP contribution in [-0.4, -0.2) is 36.0 Å². The summed E-state index contributed by atoms with van der Waals surface area (Å²) < 4.78 is 14.0. The van der Waals surface area contributed by atoms with Gasteiger partial charge >= 0.3 is 0 Å². The Balaban J connectivity index is 1.85. The molecule has 0 radical (unpaired) electrons. The molecule has 0 spiro atoms. The minimum absolute atomic E-state index is 0.0998. The molecular formula is C16H21FN2O. The van der Waals surface area contributed by atoms with Gasteiger partial charge in [0.2, 0.25) is 5.91 Å². The molecule has 1 saturated carbocycles. The lowest BCUT2D eigenvalue weighted by atomic mass is 9.93. The van der Waals surface area contributed by atoms with E-state index in [1.807, 2.05) is 11.0 Å². The highest BCUT2D eigenvalue weighted by Gasteiger charge is 2.54. The molecule has 1 aliphatic carbocycles. The average Bonchev–Trinajstić information content (AvgIpc) is 3.18. The maximum atomic E-state index is 14.0. The van der Waals surface area contributed by atoms with Gasteiger partial charge in [0.15, 0.2) is 0 Å². The van der Waals surface area contributed by atoms with Gasteiger partial charge in [0, 0.05) is 30.7 Å². The second-order valence-electron chi connectivity index (χ2n) is 6.24. The number of carbonyl (C=O) groups excluding carboxylic acids is 1. The summed E-state index contributed by atoms with van der Waals surface area (Å²) in [5.41, 5.74) is -0.0221. The van der Waals surface area contributed by atoms with Crippen molar-refractivity contribution in [2.75, 3.05) is 13.1 Å². The third-order valence-electron chi connectivity index (χ3n) is 4.39. The molecule has 1 aromatic rings. The molecule has 0 aromatic heterocycles. The Morgan fingerprint density at radius 2 is 1.85 bits per heavy atom. The predicted octanol–water partition coefficient (Wildman–Crippen LogP) is 2.07. The van der Waals surface area contributed by atoms with Gasteiger partial charge in [0.25, 0.3) is 0 Å². The third-order valence-corrected chi connectivity index (χ3v) is 4.39. The second kappa shape index (κ2) is 4.85. The molecule has 1 aromatic carbocycles. The van der Waals surface area contributed by atoms with E-state index in [0.717, 1.165) is 12.8 Å². The second-order valence-corrected chi connectivity index (χ2v) is 6.24. The fourth-order valence-corrected chi connectivity index (χ4v) is 3.37. The molecule has 2 atom stereocenters. The maximum Gasteiger partial charge on any atom is 0.233 e. The standard InChI is InChI=1S/C16H21FN2O/c1-11-9-19(10-12(2)18-11)15(20)16(7-8-16)13-5-3-4-6-14(13)17/h3-6,11-12,18H,7-10H2,1-2H3/t11-,12-/m0/s1. The molecule has 0 unspecified atom stereocenters. The summed E-state index contributed by atoms with van der Waals surface area (Å²) >= 11 is 0. The first kappa shape index (κ1) is 13.6. The fraction of sp³-hybridized carbons (Fsp3) is 0.562. The molecule has 1 N–H and O–H groups in total. The van der Waals surface area contributed by atoms with Crippen molar-refractivity contribution in [1.82, 2.24) is 10.2 Å². The number of halogens is 1. The van der Waals surface area contributed by atoms with Gasteiger partial charge in [-0.2, -0.15) is 0 Å². The van der Waals surface area contributed by atoms with Crippen LogP contribution in [0.3, 0.4) is 0 Å². The van der Waals surface area contributed by atoms with E-state index in [4.69, 9.17) is 0 Å². The van der Waals surface area contributed by atoms with E-state index in [9.17, 15) is 9.18 Å². The van der Waals surface area contributed by atoms with Gasteiger partial charge in [-0.1, -0.05) is 18.2 Å². The van der Waals surface area contributed by atoms with Crippen LogP contribution in [0.4, 0.5) is 4.39 Å². The van der Waals surface area contributed by atoms with Crippen molar-refractivity contribution in [3.63, 3.8) is 0 Å². The summed E-state index contributed by atoms with van der Waals surface area (Å²) in [6.07, 6.45) is 1.53. The van der Waals surface area contributed by atoms with Crippen LogP contribution in [0.25, 0.3) is 0 Å². The monoisotopic (exact) mass is 276 g/mol. The topological polar surface area (TPSA) is 32.3 Å². The zero-order valence-corrected chi connectivity index (χ0v) is 12.0. The van der Waals surface area contributed by atoms with Crippen molar-refractivity contribution < 1.29 is 9.18 Å². The number of hydrogen-bond donors (Lipinski definition) is 1. The molecule has 108 valence electrons. The van der Waals surface area contributed by atoms with Crippen LogP contribution in [0.1, 0.15) is 32.3 Å². The highest BCUT2D eigenvalue weighted by molar-refractivity contribution is 5.91. The number of piperazine rings is 1. The quantitative estimate of drug-likeness (QED) is 0.897. The smallest absolute Gasteiger partial charge is 0.233 e. The van der Waals surface area contributed by atoms with E-state index in [0.29, 0.717) is 30.7 Å². The summed E-state index contributed by atoms with van der Waals surface area (Å²) in [6.45, 7) is 5.58. The molecule has 3 rings (SSSR count). The van der Waals surface area contributed by atoms with E-state index in [1.54, 1.807) is 12.1 Å². The Kier molecular flexibility index (Phi) is 3.28. The van der Waals surface area contributed by atoms with Crippen molar-refractivity contribution in [3.8, 4) is 0 Å². The summed E-state index contributed by atoms with van der Waals surface area (Å²) in [5, 5.41) is 3.42. The molecule has 2 aliphatic rings. The van der Waals surface area contributed by atoms with E-state index < -0.39 is 5.41 Å². The first-order chi connectivity index (χ1) is 9.53. The molecule has 20 heavy (non-hydrogen) atoms. The van der Waals surface area contributed by atoms with Gasteiger partial charge in [-0.25, -0.2) is 4.39 Å². The summed E-state index contributed by atoms with van der Waals surface area (Å²) in [7, 11) is 0. The van der Waals surface area contributed by atoms with Crippen LogP contribution in [0.15, 0.2) is 24.3 Å². The number of hydrogen-bond acceptors (Lipinski definition) is 2. The maximum absolute atomic E-state index is 14.0. The lowest BCUT2D eigenvalue weighted by Crippen LogP contribution is -2.57. The summed E-state index contributed by atoms with van der Waals surface area (Å²) in [5.74, 6) is -0.155. The van der Waals surface area contributed by atoms with E-state index in [1.165, 1.54) is 6.07 Å². The molecular weight excluding hydrogens is 255 g/mol. The van der Waals surface area contributed by atoms with E-state index >= 15 is 0 Å². The number of nitrogens with zero attached hydrogens (tertiary/aromatic N) is 1. The van der Waals surface area contributed by atoms with Crippen molar-refractivity contribution in [1.29, 1.82) is 0 Å². The van der Waals surface area contributed by atoms with Crippen LogP contribution in [0, 0.1) is 5.82 Å². The largest absolute Gasteiger partial charge is 0.339 e. The Labute approximate surface area is 119 Å². The van der Waals surface area contributed by atoms with E-state index in [2.05, 4.69) is 19.2 Å². The van der Waals surface area contributed by atoms with Gasteiger partial charge in [-0.05, 0) is 32.8 Å². The van der Waals surface area contributed by atoms with Crippen molar-refractivity contribution >= 4 is 5.91 Å². The normalized spacial score (nSPS) is 28.2. The molecule has 1 saturated heterocycles. The Bertz CT molecular complexity index is 517. The van der Waals surface area contributed by atoms with Crippen LogP contribution in [-0.2, 0) is 10.2 Å². The predicted molar refractivity (Wildman–Crippen MR) is 76.0 cm³/mol. The van der Waals surface area contributed by atoms with Gasteiger partial charge in [0.05, 0.1) is 5.41 Å². The van der Waals surface area contributed by atoms with Crippen molar-refractivity contribution in [2.45, 2.75) is 44.2 Å². The molecule has 0 bridgehead atoms. The van der Waals surface area contributed by atoms with Gasteiger partial charge in [-0.15, -0.1) is 0 Å². The number of benzene rings is 1. The van der Waals surface area contributed by atoms with Crippen molar-refractivity contribution in [3.05, 3.63) is 35.6 Å². The van der Waals surface area contributed by atoms with Gasteiger partial charge in [0.1, 0.15) is 5.82 Å². The fourth-order valence-electron chi connectivity index (χ4n) is 3.37. The Hall–Kier alpha value is -1.42. The highest BCUT2D eigenvalue weighted by Crippen LogP contribution is 2.50. The zero-order chi connectivity index (χ0) is 14.3. The van der Waals surface area contributed by atoms with Crippen LogP contribution < -0.4 is 5.32 Å². The third kappa shape index (κ3) is 2.22. The minimum Gasteiger partial charge on any atom is -0.339 e. The number of nitrogens with one attached hydrogen (secondary N) is 1. The number of rotatable bonds is 2. The molecule has 1 heterocycles. The lowest BCUT2D eigenvalue weighted by Gasteiger charge is -2.38. The molecule has 3 nitrogen and oxygen atoms in total. The van der Waals surface area contributed by atoms with E-state index in [-0.39, 0.29) is 11.7 Å². The zero-order valence-electron chi connectivity index (χ0n) is 12.0. The summed E-state index contributed by atoms with van der Waals surface area (Å²) in [4.78, 5) is 14.8. The Morgan fingerprint density at radius 1 is 1.25 bits per heavy atom. The Morgan fingerprint density at radius 3 is 2.40 bits per heavy atom. The molecule has 1 aliphatic heterocycles. The van der Waals surface area contributed by atoms with Crippen LogP contribution >= 0.6 is 0 Å². The number of carbonyl (C=O) groups is 1. The van der Waals surface area contributed by atoms with Crippen LogP contribution in [0.2, 0.25) is 0 Å². The number of amides is 1. The average molecular weight is 276 g/mol. The minimum atomic E-state index is -0.595. The van der Waals surface area contributed by atoms with Crippen LogP contribution in [0.5, 0.6) is 0 Å². The lowest BCUT2D eigenvalue weighted by molar-refractivity contribution is -0.135. The first-order valence-electron chi connectivity index (χ1n) is 7.33. The van der Waals surface area contributed by atoms with Crippen molar-refractivity contribution in [2.24, 2.45) is 0 Å². The van der Waals surface area contributed by atoms with Gasteiger partial charge in [-0.3, -0.25) is 4.79 Å². The highest BCUT2D eigenvalue weighted by atomic mass is 19.1. The van der Waals surface area contributed by atoms with Gasteiger partial charge < -0.3 is 10.2 Å². The molecule has 2 fully saturated rings. The first-order valence-corrected chi connectivity index (χ1v) is 7.33.